The molecule has 0 saturated heterocycles. The predicted octanol–water partition coefficient (Wildman–Crippen LogP) is 3.91. The number of anilines is 1. The monoisotopic (exact) mass is 360 g/mol. The lowest BCUT2D eigenvalue weighted by atomic mass is 10.1. The summed E-state index contributed by atoms with van der Waals surface area (Å²) < 4.78 is 8.41. The van der Waals surface area contributed by atoms with Crippen molar-refractivity contribution >= 4 is 22.7 Å². The molecule has 3 aromatic rings. The van der Waals surface area contributed by atoms with Gasteiger partial charge in [0.25, 0.3) is 0 Å². The Hall–Kier alpha value is -2.85. The van der Waals surface area contributed by atoms with Gasteiger partial charge in [-0.2, -0.15) is 4.57 Å². The molecule has 0 unspecified atom stereocenters. The highest BCUT2D eigenvalue weighted by molar-refractivity contribution is 5.86. The number of rotatable bonds is 5. The summed E-state index contributed by atoms with van der Waals surface area (Å²) in [5.41, 5.74) is 3.52. The van der Waals surface area contributed by atoms with Crippen LogP contribution in [0.2, 0.25) is 0 Å². The second kappa shape index (κ2) is 7.41. The van der Waals surface area contributed by atoms with Crippen molar-refractivity contribution in [1.82, 2.24) is 4.90 Å². The minimum atomic E-state index is 0.853. The van der Waals surface area contributed by atoms with Crippen LogP contribution in [0.5, 0.6) is 5.75 Å². The third kappa shape index (κ3) is 3.53. The van der Waals surface area contributed by atoms with Gasteiger partial charge in [0, 0.05) is 38.2 Å². The summed E-state index contributed by atoms with van der Waals surface area (Å²) in [6.45, 7) is 2.10. The van der Waals surface area contributed by atoms with Crippen molar-refractivity contribution in [3.63, 3.8) is 0 Å². The molecule has 1 aliphatic heterocycles. The maximum Gasteiger partial charge on any atom is 0.213 e. The zero-order chi connectivity index (χ0) is 18.8. The molecule has 4 rings (SSSR count). The van der Waals surface area contributed by atoms with E-state index in [0.29, 0.717) is 0 Å². The Balaban J connectivity index is 1.68. The predicted molar refractivity (Wildman–Crippen MR) is 111 cm³/mol. The van der Waals surface area contributed by atoms with Gasteiger partial charge in [-0.25, -0.2) is 0 Å². The van der Waals surface area contributed by atoms with Crippen LogP contribution in [0.1, 0.15) is 12.0 Å². The number of hydrogen-bond donors (Lipinski definition) is 0. The molecule has 0 N–H and O–H groups in total. The summed E-state index contributed by atoms with van der Waals surface area (Å²) in [4.78, 5) is 4.33. The number of benzene rings is 2. The van der Waals surface area contributed by atoms with Gasteiger partial charge in [-0.15, -0.1) is 0 Å². The molecule has 0 aliphatic carbocycles. The fraction of sp³-hybridized carbons (Fsp3) is 0.261. The van der Waals surface area contributed by atoms with E-state index < -0.39 is 0 Å². The van der Waals surface area contributed by atoms with E-state index in [1.807, 2.05) is 25.2 Å². The molecular formula is C23H26N3O+. The largest absolute Gasteiger partial charge is 0.439 e. The lowest BCUT2D eigenvalue weighted by Crippen LogP contribution is -2.35. The molecule has 1 aliphatic rings. The van der Waals surface area contributed by atoms with E-state index in [2.05, 4.69) is 77.1 Å². The highest BCUT2D eigenvalue weighted by atomic mass is 16.5. The first-order valence-corrected chi connectivity index (χ1v) is 9.42. The van der Waals surface area contributed by atoms with Gasteiger partial charge in [-0.1, -0.05) is 24.3 Å². The Bertz CT molecular complexity index is 994. The Kier molecular flexibility index (Phi) is 4.82. The van der Waals surface area contributed by atoms with Gasteiger partial charge in [0.15, 0.2) is 11.9 Å². The quantitative estimate of drug-likeness (QED) is 0.643. The molecule has 4 heteroatoms. The fourth-order valence-electron chi connectivity index (χ4n) is 3.57. The standard InChI is InChI=1S/C23H26N3O/c1-24(2)14-8-15-26-16-13-18(19-9-4-5-10-20(19)26)17-23-25(3)21-11-6-7-12-22(21)27-23/h4-7,9-13,16-17H,8,14-15H2,1-3H3/q+1. The lowest BCUT2D eigenvalue weighted by Gasteiger charge is -2.12. The summed E-state index contributed by atoms with van der Waals surface area (Å²) in [5, 5.41) is 1.24. The smallest absolute Gasteiger partial charge is 0.213 e. The summed E-state index contributed by atoms with van der Waals surface area (Å²) in [5.74, 6) is 1.76. The molecule has 0 fully saturated rings. The molecule has 4 nitrogen and oxygen atoms in total. The van der Waals surface area contributed by atoms with E-state index in [-0.39, 0.29) is 0 Å². The van der Waals surface area contributed by atoms with Crippen LogP contribution in [-0.2, 0) is 6.54 Å². The molecule has 1 aromatic heterocycles. The average Bonchev–Trinajstić information content (AvgIpc) is 2.99. The molecule has 2 heterocycles. The highest BCUT2D eigenvalue weighted by Crippen LogP contribution is 2.38. The van der Waals surface area contributed by atoms with Gasteiger partial charge in [-0.05, 0) is 37.9 Å². The SMILES string of the molecule is CN(C)CCC[n+]1ccc(C=C2Oc3ccccc3N2C)c2ccccc21. The number of pyridine rings is 1. The van der Waals surface area contributed by atoms with Crippen molar-refractivity contribution < 1.29 is 9.30 Å². The van der Waals surface area contributed by atoms with Crippen molar-refractivity contribution in [1.29, 1.82) is 0 Å². The van der Waals surface area contributed by atoms with Crippen molar-refractivity contribution in [2.24, 2.45) is 0 Å². The number of nitrogens with zero attached hydrogens (tertiary/aromatic N) is 3. The maximum atomic E-state index is 6.07. The van der Waals surface area contributed by atoms with Crippen molar-refractivity contribution in [2.45, 2.75) is 13.0 Å². The van der Waals surface area contributed by atoms with Crippen LogP contribution in [-0.4, -0.2) is 32.6 Å². The van der Waals surface area contributed by atoms with Gasteiger partial charge >= 0.3 is 0 Å². The second-order valence-corrected chi connectivity index (χ2v) is 7.25. The zero-order valence-corrected chi connectivity index (χ0v) is 16.2. The summed E-state index contributed by atoms with van der Waals surface area (Å²) >= 11 is 0. The van der Waals surface area contributed by atoms with Gasteiger partial charge in [0.05, 0.1) is 11.1 Å². The van der Waals surface area contributed by atoms with Crippen LogP contribution in [0.3, 0.4) is 0 Å². The molecule has 0 spiro atoms. The third-order valence-electron chi connectivity index (χ3n) is 5.01. The average molecular weight is 360 g/mol. The van der Waals surface area contributed by atoms with E-state index in [1.165, 1.54) is 16.5 Å². The zero-order valence-electron chi connectivity index (χ0n) is 16.2. The number of aryl methyl sites for hydroxylation is 1. The minimum Gasteiger partial charge on any atom is -0.439 e. The Labute approximate surface area is 160 Å². The second-order valence-electron chi connectivity index (χ2n) is 7.25. The minimum absolute atomic E-state index is 0.853. The number of hydrogen-bond acceptors (Lipinski definition) is 3. The molecule has 0 bridgehead atoms. The van der Waals surface area contributed by atoms with E-state index in [4.69, 9.17) is 4.74 Å². The molecule has 2 aromatic carbocycles. The van der Waals surface area contributed by atoms with Crippen LogP contribution >= 0.6 is 0 Å². The first kappa shape index (κ1) is 17.6. The lowest BCUT2D eigenvalue weighted by molar-refractivity contribution is -0.671. The maximum absolute atomic E-state index is 6.07. The fourth-order valence-corrected chi connectivity index (χ4v) is 3.57. The van der Waals surface area contributed by atoms with Gasteiger partial charge in [-0.3, -0.25) is 0 Å². The van der Waals surface area contributed by atoms with Crippen molar-refractivity contribution in [3.05, 3.63) is 72.2 Å². The molecule has 0 radical (unpaired) electrons. The van der Waals surface area contributed by atoms with E-state index in [0.717, 1.165) is 36.8 Å². The summed E-state index contributed by atoms with van der Waals surface area (Å²) in [6, 6.07) is 18.9. The normalized spacial score (nSPS) is 14.8. The number of aromatic nitrogens is 1. The van der Waals surface area contributed by atoms with Crippen molar-refractivity contribution in [2.75, 3.05) is 32.6 Å². The van der Waals surface area contributed by atoms with Crippen LogP contribution in [0, 0.1) is 0 Å². The van der Waals surface area contributed by atoms with E-state index in [1.54, 1.807) is 0 Å². The topological polar surface area (TPSA) is 19.6 Å². The van der Waals surface area contributed by atoms with Crippen LogP contribution < -0.4 is 14.2 Å². The van der Waals surface area contributed by atoms with Crippen LogP contribution in [0.25, 0.3) is 17.0 Å². The number of ether oxygens (including phenoxy) is 1. The molecular weight excluding hydrogens is 334 g/mol. The van der Waals surface area contributed by atoms with Crippen molar-refractivity contribution in [3.8, 4) is 5.75 Å². The Morgan fingerprint density at radius 2 is 1.81 bits per heavy atom. The molecule has 0 amide bonds. The molecule has 0 saturated carbocycles. The summed E-state index contributed by atoms with van der Waals surface area (Å²) in [7, 11) is 6.28. The first-order chi connectivity index (χ1) is 13.1. The Morgan fingerprint density at radius 3 is 2.63 bits per heavy atom. The van der Waals surface area contributed by atoms with Gasteiger partial charge in [0.1, 0.15) is 6.54 Å². The van der Waals surface area contributed by atoms with Crippen LogP contribution in [0.4, 0.5) is 5.69 Å². The third-order valence-corrected chi connectivity index (χ3v) is 5.01. The van der Waals surface area contributed by atoms with Crippen LogP contribution in [0.15, 0.2) is 66.7 Å². The highest BCUT2D eigenvalue weighted by Gasteiger charge is 2.23. The molecule has 27 heavy (non-hydrogen) atoms. The van der Waals surface area contributed by atoms with Gasteiger partial charge < -0.3 is 14.5 Å². The number of fused-ring (bicyclic) bond motifs is 2. The molecule has 138 valence electrons. The van der Waals surface area contributed by atoms with Gasteiger partial charge in [0.2, 0.25) is 11.4 Å². The van der Waals surface area contributed by atoms with E-state index in [9.17, 15) is 0 Å². The first-order valence-electron chi connectivity index (χ1n) is 9.42. The summed E-state index contributed by atoms with van der Waals surface area (Å²) in [6.07, 6.45) is 5.45. The number of para-hydroxylation sites is 3. The van der Waals surface area contributed by atoms with E-state index >= 15 is 0 Å². The Morgan fingerprint density at radius 1 is 1.04 bits per heavy atom. The molecule has 0 atom stereocenters.